The number of carbonyl (C=O) groups is 1. The summed E-state index contributed by atoms with van der Waals surface area (Å²) in [6, 6.07) is -0.678. The summed E-state index contributed by atoms with van der Waals surface area (Å²) in [4.78, 5) is 10.9. The molecule has 82 valence electrons. The van der Waals surface area contributed by atoms with Gasteiger partial charge in [0.05, 0.1) is 19.8 Å². The summed E-state index contributed by atoms with van der Waals surface area (Å²) >= 11 is 0. The Kier molecular flexibility index (Phi) is 4.86. The maximum atomic E-state index is 10.9. The van der Waals surface area contributed by atoms with Gasteiger partial charge >= 0.3 is 5.97 Å². The Morgan fingerprint density at radius 3 is 2.79 bits per heavy atom. The van der Waals surface area contributed by atoms with E-state index in [-0.39, 0.29) is 12.7 Å². The van der Waals surface area contributed by atoms with E-state index in [1.165, 1.54) is 7.11 Å². The standard InChI is InChI=1S/C9H17NO4/c1-12-9(11)8(10)6-14-7-2-4-13-5-3-7/h7-8H,2-6,10H2,1H3/t8-/m0/s1. The van der Waals surface area contributed by atoms with Gasteiger partial charge in [0.2, 0.25) is 0 Å². The van der Waals surface area contributed by atoms with Gasteiger partial charge in [-0.25, -0.2) is 0 Å². The highest BCUT2D eigenvalue weighted by molar-refractivity contribution is 5.75. The highest BCUT2D eigenvalue weighted by Crippen LogP contribution is 2.10. The summed E-state index contributed by atoms with van der Waals surface area (Å²) in [6.07, 6.45) is 1.90. The largest absolute Gasteiger partial charge is 0.468 e. The second-order valence-corrected chi connectivity index (χ2v) is 3.27. The minimum atomic E-state index is -0.678. The Morgan fingerprint density at radius 2 is 2.21 bits per heavy atom. The number of hydrogen-bond acceptors (Lipinski definition) is 5. The molecule has 14 heavy (non-hydrogen) atoms. The van der Waals surface area contributed by atoms with Crippen molar-refractivity contribution in [3.05, 3.63) is 0 Å². The van der Waals surface area contributed by atoms with Gasteiger partial charge in [0, 0.05) is 13.2 Å². The molecule has 0 aromatic heterocycles. The first-order valence-electron chi connectivity index (χ1n) is 4.76. The minimum absolute atomic E-state index is 0.166. The summed E-state index contributed by atoms with van der Waals surface area (Å²) in [7, 11) is 1.32. The molecule has 0 amide bonds. The summed E-state index contributed by atoms with van der Waals surface area (Å²) in [5, 5.41) is 0. The molecule has 1 saturated heterocycles. The Bertz CT molecular complexity index is 180. The molecule has 0 aromatic rings. The fourth-order valence-corrected chi connectivity index (χ4v) is 1.30. The molecule has 0 spiro atoms. The molecule has 2 N–H and O–H groups in total. The molecule has 0 bridgehead atoms. The Labute approximate surface area is 83.5 Å². The van der Waals surface area contributed by atoms with Crippen molar-refractivity contribution < 1.29 is 19.0 Å². The number of ether oxygens (including phenoxy) is 3. The molecule has 5 nitrogen and oxygen atoms in total. The van der Waals surface area contributed by atoms with E-state index in [2.05, 4.69) is 4.74 Å². The van der Waals surface area contributed by atoms with Crippen molar-refractivity contribution in [1.29, 1.82) is 0 Å². The second-order valence-electron chi connectivity index (χ2n) is 3.27. The maximum absolute atomic E-state index is 10.9. The van der Waals surface area contributed by atoms with Gasteiger partial charge in [-0.05, 0) is 12.8 Å². The lowest BCUT2D eigenvalue weighted by Crippen LogP contribution is -2.38. The van der Waals surface area contributed by atoms with E-state index >= 15 is 0 Å². The predicted molar refractivity (Wildman–Crippen MR) is 49.8 cm³/mol. The smallest absolute Gasteiger partial charge is 0.325 e. The molecule has 0 radical (unpaired) electrons. The molecule has 0 unspecified atom stereocenters. The summed E-state index contributed by atoms with van der Waals surface area (Å²) in [5.74, 6) is -0.433. The van der Waals surface area contributed by atoms with Crippen molar-refractivity contribution in [3.8, 4) is 0 Å². The average Bonchev–Trinajstić information content (AvgIpc) is 2.26. The van der Waals surface area contributed by atoms with Crippen LogP contribution in [0, 0.1) is 0 Å². The number of methoxy groups -OCH3 is 1. The fraction of sp³-hybridized carbons (Fsp3) is 0.889. The van der Waals surface area contributed by atoms with Crippen LogP contribution in [0.2, 0.25) is 0 Å². The van der Waals surface area contributed by atoms with Gasteiger partial charge in [0.25, 0.3) is 0 Å². The van der Waals surface area contributed by atoms with E-state index in [0.717, 1.165) is 26.1 Å². The van der Waals surface area contributed by atoms with Crippen molar-refractivity contribution in [2.45, 2.75) is 25.0 Å². The van der Waals surface area contributed by atoms with Gasteiger partial charge in [-0.3, -0.25) is 4.79 Å². The van der Waals surface area contributed by atoms with E-state index in [4.69, 9.17) is 15.2 Å². The van der Waals surface area contributed by atoms with Crippen molar-refractivity contribution in [2.75, 3.05) is 26.9 Å². The molecule has 1 fully saturated rings. The van der Waals surface area contributed by atoms with E-state index in [9.17, 15) is 4.79 Å². The fourth-order valence-electron chi connectivity index (χ4n) is 1.30. The summed E-state index contributed by atoms with van der Waals surface area (Å²) in [5.41, 5.74) is 5.51. The van der Waals surface area contributed by atoms with Crippen LogP contribution in [0.5, 0.6) is 0 Å². The van der Waals surface area contributed by atoms with Crippen LogP contribution in [0.25, 0.3) is 0 Å². The van der Waals surface area contributed by atoms with Crippen LogP contribution in [-0.4, -0.2) is 45.0 Å². The molecule has 1 atom stereocenters. The van der Waals surface area contributed by atoms with Crippen molar-refractivity contribution in [3.63, 3.8) is 0 Å². The molecule has 0 aromatic carbocycles. The van der Waals surface area contributed by atoms with Gasteiger partial charge in [0.1, 0.15) is 6.04 Å². The van der Waals surface area contributed by atoms with Crippen molar-refractivity contribution in [1.82, 2.24) is 0 Å². The Hall–Kier alpha value is -0.650. The van der Waals surface area contributed by atoms with Crippen LogP contribution in [-0.2, 0) is 19.0 Å². The quantitative estimate of drug-likeness (QED) is 0.634. The van der Waals surface area contributed by atoms with Crippen LogP contribution in [0.15, 0.2) is 0 Å². The molecule has 1 aliphatic heterocycles. The molecule has 1 heterocycles. The first-order valence-corrected chi connectivity index (χ1v) is 4.76. The van der Waals surface area contributed by atoms with Crippen LogP contribution in [0.1, 0.15) is 12.8 Å². The van der Waals surface area contributed by atoms with Crippen molar-refractivity contribution in [2.24, 2.45) is 5.73 Å². The second kappa shape index (κ2) is 5.95. The van der Waals surface area contributed by atoms with Gasteiger partial charge in [-0.15, -0.1) is 0 Å². The molecule has 0 saturated carbocycles. The highest BCUT2D eigenvalue weighted by atomic mass is 16.5. The topological polar surface area (TPSA) is 70.8 Å². The molecular formula is C9H17NO4. The van der Waals surface area contributed by atoms with Crippen LogP contribution < -0.4 is 5.73 Å². The molecule has 5 heteroatoms. The van der Waals surface area contributed by atoms with E-state index in [1.807, 2.05) is 0 Å². The highest BCUT2D eigenvalue weighted by Gasteiger charge is 2.18. The number of carbonyl (C=O) groups excluding carboxylic acids is 1. The number of nitrogens with two attached hydrogens (primary N) is 1. The molecular weight excluding hydrogens is 186 g/mol. The van der Waals surface area contributed by atoms with Crippen LogP contribution >= 0.6 is 0 Å². The lowest BCUT2D eigenvalue weighted by molar-refractivity contribution is -0.144. The first kappa shape index (κ1) is 11.4. The van der Waals surface area contributed by atoms with E-state index < -0.39 is 12.0 Å². The average molecular weight is 203 g/mol. The summed E-state index contributed by atoms with van der Waals surface area (Å²) < 4.78 is 15.1. The monoisotopic (exact) mass is 203 g/mol. The van der Waals surface area contributed by atoms with Gasteiger partial charge in [-0.1, -0.05) is 0 Å². The maximum Gasteiger partial charge on any atom is 0.325 e. The van der Waals surface area contributed by atoms with E-state index in [0.29, 0.717) is 0 Å². The van der Waals surface area contributed by atoms with Gasteiger partial charge in [-0.2, -0.15) is 0 Å². The minimum Gasteiger partial charge on any atom is -0.468 e. The van der Waals surface area contributed by atoms with Crippen molar-refractivity contribution >= 4 is 5.97 Å². The third-order valence-electron chi connectivity index (χ3n) is 2.18. The third kappa shape index (κ3) is 3.61. The van der Waals surface area contributed by atoms with Gasteiger partial charge < -0.3 is 19.9 Å². The predicted octanol–water partition coefficient (Wildman–Crippen LogP) is -0.318. The number of hydrogen-bond donors (Lipinski definition) is 1. The van der Waals surface area contributed by atoms with Crippen LogP contribution in [0.4, 0.5) is 0 Å². The normalized spacial score (nSPS) is 20.4. The zero-order valence-corrected chi connectivity index (χ0v) is 8.40. The molecule has 0 aliphatic carbocycles. The lowest BCUT2D eigenvalue weighted by Gasteiger charge is -2.23. The lowest BCUT2D eigenvalue weighted by atomic mass is 10.1. The Balaban J connectivity index is 2.15. The zero-order chi connectivity index (χ0) is 10.4. The number of rotatable bonds is 4. The molecule has 1 aliphatic rings. The SMILES string of the molecule is COC(=O)[C@@H](N)COC1CCOCC1. The number of esters is 1. The van der Waals surface area contributed by atoms with Crippen LogP contribution in [0.3, 0.4) is 0 Å². The Morgan fingerprint density at radius 1 is 1.57 bits per heavy atom. The summed E-state index contributed by atoms with van der Waals surface area (Å²) in [6.45, 7) is 1.66. The van der Waals surface area contributed by atoms with E-state index in [1.54, 1.807) is 0 Å². The first-order chi connectivity index (χ1) is 6.74. The zero-order valence-electron chi connectivity index (χ0n) is 8.40. The third-order valence-corrected chi connectivity index (χ3v) is 2.18. The molecule has 1 rings (SSSR count). The van der Waals surface area contributed by atoms with Gasteiger partial charge in [0.15, 0.2) is 0 Å².